The van der Waals surface area contributed by atoms with Gasteiger partial charge in [0.1, 0.15) is 23.3 Å². The molecule has 49 heavy (non-hydrogen) atoms. The molecule has 4 aromatic rings. The van der Waals surface area contributed by atoms with Crippen LogP contribution < -0.4 is 20.7 Å². The van der Waals surface area contributed by atoms with Gasteiger partial charge < -0.3 is 23.4 Å². The van der Waals surface area contributed by atoms with Gasteiger partial charge in [-0.15, -0.1) is 0 Å². The van der Waals surface area contributed by atoms with Gasteiger partial charge in [0.2, 0.25) is 9.76 Å². The average molecular weight is 685 g/mol. The first-order chi connectivity index (χ1) is 23.4. The Morgan fingerprint density at radius 2 is 1.49 bits per heavy atom. The Bertz CT molecular complexity index is 1790. The van der Waals surface area contributed by atoms with E-state index < -0.39 is 34.8 Å². The second-order valence-corrected chi connectivity index (χ2v) is 15.0. The number of hydrogen-bond acceptors (Lipinski definition) is 8. The number of nitrogens with zero attached hydrogens (tertiary/aromatic N) is 1. The first kappa shape index (κ1) is 36.0. The van der Waals surface area contributed by atoms with Gasteiger partial charge >= 0.3 is 5.69 Å². The lowest BCUT2D eigenvalue weighted by molar-refractivity contribution is -0.165. The van der Waals surface area contributed by atoms with Crippen molar-refractivity contribution < 1.29 is 28.2 Å². The number of hydrogen-bond donors (Lipinski definition) is 1. The number of aryl methyl sites for hydroxylation is 1. The molecule has 5 rings (SSSR count). The van der Waals surface area contributed by atoms with Gasteiger partial charge in [-0.05, 0) is 58.8 Å². The van der Waals surface area contributed by atoms with Crippen molar-refractivity contribution in [1.82, 2.24) is 9.55 Å². The van der Waals surface area contributed by atoms with Crippen LogP contribution in [-0.4, -0.2) is 58.1 Å². The zero-order valence-electron chi connectivity index (χ0n) is 29.0. The van der Waals surface area contributed by atoms with E-state index in [1.54, 1.807) is 21.1 Å². The van der Waals surface area contributed by atoms with E-state index >= 15 is 0 Å². The summed E-state index contributed by atoms with van der Waals surface area (Å²) in [4.78, 5) is 41.0. The van der Waals surface area contributed by atoms with Crippen molar-refractivity contribution in [2.45, 2.75) is 69.6 Å². The number of aromatic amines is 1. The first-order valence-corrected chi connectivity index (χ1v) is 17.2. The van der Waals surface area contributed by atoms with E-state index in [9.17, 15) is 14.4 Å². The lowest BCUT2D eigenvalue weighted by Gasteiger charge is -2.40. The van der Waals surface area contributed by atoms with Crippen LogP contribution in [0.4, 0.5) is 0 Å². The lowest BCUT2D eigenvalue weighted by Crippen LogP contribution is -2.50. The van der Waals surface area contributed by atoms with Crippen LogP contribution in [-0.2, 0) is 24.3 Å². The SMILES string of the molecule is COc1ccc(C(OC[C@@]2(C=O)O[C@@H](n3cc(C)c(=O)[nH]c3=O)C[C@@H]2O[Si]C(C)(C)C(C)C)(c2ccccc2)c2ccc(OC)cc2)cc1. The minimum absolute atomic E-state index is 0.0222. The van der Waals surface area contributed by atoms with Crippen LogP contribution in [0, 0.1) is 12.8 Å². The van der Waals surface area contributed by atoms with Crippen molar-refractivity contribution in [2.24, 2.45) is 5.92 Å². The fourth-order valence-corrected chi connectivity index (χ4v) is 6.76. The molecule has 1 saturated heterocycles. The van der Waals surface area contributed by atoms with Crippen molar-refractivity contribution in [3.8, 4) is 11.5 Å². The van der Waals surface area contributed by atoms with Gasteiger partial charge in [-0.1, -0.05) is 82.3 Å². The lowest BCUT2D eigenvalue weighted by atomic mass is 9.79. The molecule has 0 bridgehead atoms. The third-order valence-corrected chi connectivity index (χ3v) is 11.1. The number of H-pyrrole nitrogens is 1. The summed E-state index contributed by atoms with van der Waals surface area (Å²) >= 11 is 0. The molecule has 0 aliphatic carbocycles. The van der Waals surface area contributed by atoms with Gasteiger partial charge in [-0.25, -0.2) is 4.79 Å². The number of aromatic nitrogens is 2. The zero-order chi connectivity index (χ0) is 35.4. The van der Waals surface area contributed by atoms with E-state index in [4.69, 9.17) is 23.4 Å². The molecule has 0 amide bonds. The van der Waals surface area contributed by atoms with Crippen LogP contribution in [0.1, 0.15) is 62.6 Å². The van der Waals surface area contributed by atoms with E-state index in [0.717, 1.165) is 23.0 Å². The van der Waals surface area contributed by atoms with Crippen LogP contribution >= 0.6 is 0 Å². The maximum absolute atomic E-state index is 13.4. The molecule has 10 nitrogen and oxygen atoms in total. The van der Waals surface area contributed by atoms with Gasteiger partial charge in [0.25, 0.3) is 5.56 Å². The number of methoxy groups -OCH3 is 2. The fraction of sp³-hybridized carbons (Fsp3) is 0.395. The molecule has 0 unspecified atom stereocenters. The molecule has 11 heteroatoms. The van der Waals surface area contributed by atoms with Gasteiger partial charge in [0, 0.05) is 18.2 Å². The zero-order valence-corrected chi connectivity index (χ0v) is 30.0. The second-order valence-electron chi connectivity index (χ2n) is 13.2. The number of benzene rings is 3. The summed E-state index contributed by atoms with van der Waals surface area (Å²) in [5.41, 5.74) is -1.24. The minimum Gasteiger partial charge on any atom is -0.497 e. The number of carbonyl (C=O) groups excluding carboxylic acids is 1. The molecule has 1 aromatic heterocycles. The Morgan fingerprint density at radius 1 is 0.939 bits per heavy atom. The molecule has 1 aliphatic heterocycles. The highest BCUT2D eigenvalue weighted by Crippen LogP contribution is 2.45. The smallest absolute Gasteiger partial charge is 0.330 e. The monoisotopic (exact) mass is 684 g/mol. The highest BCUT2D eigenvalue weighted by atomic mass is 28.2. The molecule has 1 aliphatic rings. The van der Waals surface area contributed by atoms with Crippen LogP contribution in [0.3, 0.4) is 0 Å². The van der Waals surface area contributed by atoms with Crippen molar-refractivity contribution in [3.05, 3.63) is 128 Å². The minimum atomic E-state index is -1.62. The Kier molecular flexibility index (Phi) is 10.8. The number of aldehydes is 1. The Hall–Kier alpha value is -4.29. The van der Waals surface area contributed by atoms with Crippen LogP contribution in [0.25, 0.3) is 0 Å². The molecule has 3 aromatic carbocycles. The van der Waals surface area contributed by atoms with E-state index in [0.29, 0.717) is 23.0 Å². The molecular weight excluding hydrogens is 641 g/mol. The molecule has 258 valence electrons. The van der Waals surface area contributed by atoms with Gasteiger partial charge in [0.05, 0.1) is 26.9 Å². The van der Waals surface area contributed by atoms with Gasteiger partial charge in [0.15, 0.2) is 11.9 Å². The summed E-state index contributed by atoms with van der Waals surface area (Å²) in [5, 5.41) is -0.195. The fourth-order valence-electron chi connectivity index (χ4n) is 5.78. The summed E-state index contributed by atoms with van der Waals surface area (Å²) in [6, 6.07) is 25.0. The largest absolute Gasteiger partial charge is 0.497 e. The molecule has 2 radical (unpaired) electrons. The highest BCUT2D eigenvalue weighted by Gasteiger charge is 2.53. The molecule has 0 saturated carbocycles. The summed E-state index contributed by atoms with van der Waals surface area (Å²) in [7, 11) is 3.24. The molecule has 1 N–H and O–H groups in total. The maximum atomic E-state index is 13.4. The van der Waals surface area contributed by atoms with E-state index in [2.05, 4.69) is 32.7 Å². The van der Waals surface area contributed by atoms with Crippen LogP contribution in [0.2, 0.25) is 5.04 Å². The van der Waals surface area contributed by atoms with Crippen molar-refractivity contribution >= 4 is 16.0 Å². The second kappa shape index (κ2) is 14.7. The van der Waals surface area contributed by atoms with Gasteiger partial charge in [-0.3, -0.25) is 19.1 Å². The molecule has 3 atom stereocenters. The number of nitrogens with one attached hydrogen (secondary N) is 1. The Balaban J connectivity index is 1.64. The summed E-state index contributed by atoms with van der Waals surface area (Å²) in [6.45, 7) is 9.87. The number of rotatable bonds is 14. The average Bonchev–Trinajstić information content (AvgIpc) is 3.48. The Morgan fingerprint density at radius 3 is 2.00 bits per heavy atom. The number of carbonyl (C=O) groups is 1. The standard InChI is InChI=1S/C38H44N2O8Si/c1-25(2)36(4,5)49-48-32-21-33(40-22-26(3)34(42)39-35(40)43)47-37(32,23-41)24-46-38(27-11-9-8-10-12-27,28-13-17-30(44-6)18-14-28)29-15-19-31(45-7)20-16-29/h8-20,22-23,25,32-33H,21,24H2,1-7H3,(H,39,42,43)/t32-,33+,37+/m0/s1. The normalized spacial score (nSPS) is 19.6. The molecule has 1 fully saturated rings. The summed E-state index contributed by atoms with van der Waals surface area (Å²) in [6.07, 6.45) is 0.686. The molecular formula is C38H44N2O8Si. The molecule has 0 spiro atoms. The Labute approximate surface area is 289 Å². The third kappa shape index (κ3) is 7.21. The summed E-state index contributed by atoms with van der Waals surface area (Å²) in [5.74, 6) is 1.65. The van der Waals surface area contributed by atoms with Crippen molar-refractivity contribution in [1.29, 1.82) is 0 Å². The van der Waals surface area contributed by atoms with Gasteiger partial charge in [-0.2, -0.15) is 0 Å². The predicted octanol–water partition coefficient (Wildman–Crippen LogP) is 5.59. The van der Waals surface area contributed by atoms with Crippen LogP contribution in [0.5, 0.6) is 11.5 Å². The molecule has 2 heterocycles. The van der Waals surface area contributed by atoms with Crippen LogP contribution in [0.15, 0.2) is 94.6 Å². The van der Waals surface area contributed by atoms with Crippen molar-refractivity contribution in [2.75, 3.05) is 20.8 Å². The third-order valence-electron chi connectivity index (χ3n) is 9.57. The topological polar surface area (TPSA) is 118 Å². The summed E-state index contributed by atoms with van der Waals surface area (Å²) < 4.78 is 32.5. The maximum Gasteiger partial charge on any atom is 0.330 e. The quantitative estimate of drug-likeness (QED) is 0.104. The van der Waals surface area contributed by atoms with E-state index in [1.165, 1.54) is 10.8 Å². The highest BCUT2D eigenvalue weighted by molar-refractivity contribution is 6.32. The first-order valence-electron chi connectivity index (χ1n) is 16.3. The number of ether oxygens (including phenoxy) is 4. The van der Waals surface area contributed by atoms with E-state index in [-0.39, 0.29) is 27.8 Å². The predicted molar refractivity (Wildman–Crippen MR) is 187 cm³/mol. The van der Waals surface area contributed by atoms with Crippen molar-refractivity contribution in [3.63, 3.8) is 0 Å². The van der Waals surface area contributed by atoms with E-state index in [1.807, 2.05) is 78.9 Å².